The molecule has 28 heavy (non-hydrogen) atoms. The van der Waals surface area contributed by atoms with E-state index in [9.17, 15) is 4.39 Å². The summed E-state index contributed by atoms with van der Waals surface area (Å²) in [6, 6.07) is 10.2. The van der Waals surface area contributed by atoms with Gasteiger partial charge in [-0.1, -0.05) is 29.8 Å². The van der Waals surface area contributed by atoms with Gasteiger partial charge in [-0.25, -0.2) is 4.39 Å². The Balaban J connectivity index is 0.00000364. The highest BCUT2D eigenvalue weighted by Crippen LogP contribution is 2.37. The number of nitrogens with zero attached hydrogens (tertiary/aromatic N) is 1. The van der Waals surface area contributed by atoms with Crippen LogP contribution in [0.3, 0.4) is 0 Å². The Hall–Kier alpha value is -1.24. The van der Waals surface area contributed by atoms with Crippen LogP contribution in [-0.4, -0.2) is 39.2 Å². The molecular weight excluding hydrogens is 426 g/mol. The average Bonchev–Trinajstić information content (AvgIpc) is 2.61. The maximum absolute atomic E-state index is 13.7. The van der Waals surface area contributed by atoms with Crippen LogP contribution in [0, 0.1) is 5.82 Å². The number of hydrogen-bond acceptors (Lipinski definition) is 4. The molecule has 0 unspecified atom stereocenters. The lowest BCUT2D eigenvalue weighted by Gasteiger charge is -2.15. The third-order valence-corrected chi connectivity index (χ3v) is 4.19. The summed E-state index contributed by atoms with van der Waals surface area (Å²) in [4.78, 5) is 2.16. The minimum atomic E-state index is -0.305. The van der Waals surface area contributed by atoms with Gasteiger partial charge in [-0.05, 0) is 57.4 Å². The van der Waals surface area contributed by atoms with Gasteiger partial charge < -0.3 is 19.7 Å². The maximum atomic E-state index is 13.7. The lowest BCUT2D eigenvalue weighted by Crippen LogP contribution is -2.21. The molecule has 2 rings (SSSR count). The highest BCUT2D eigenvalue weighted by molar-refractivity contribution is 6.32. The molecule has 0 aliphatic heterocycles. The molecule has 0 radical (unpaired) electrons. The molecule has 0 aliphatic rings. The van der Waals surface area contributed by atoms with Crippen LogP contribution in [0.25, 0.3) is 0 Å². The van der Waals surface area contributed by atoms with E-state index in [0.717, 1.165) is 25.1 Å². The highest BCUT2D eigenvalue weighted by atomic mass is 35.5. The number of hydrogen-bond donors (Lipinski definition) is 1. The summed E-state index contributed by atoms with van der Waals surface area (Å²) in [5, 5.41) is 3.84. The number of ether oxygens (including phenoxy) is 2. The second kappa shape index (κ2) is 13.9. The zero-order valence-electron chi connectivity index (χ0n) is 16.3. The van der Waals surface area contributed by atoms with Crippen molar-refractivity contribution >= 4 is 36.4 Å². The van der Waals surface area contributed by atoms with Crippen molar-refractivity contribution in [2.24, 2.45) is 0 Å². The monoisotopic (exact) mass is 452 g/mol. The molecular formula is C20H28Cl3FN2O2. The number of rotatable bonds is 10. The Kier molecular flexibility index (Phi) is 13.2. The molecule has 0 atom stereocenters. The van der Waals surface area contributed by atoms with E-state index in [4.69, 9.17) is 21.1 Å². The predicted octanol–water partition coefficient (Wildman–Crippen LogP) is 4.95. The first-order chi connectivity index (χ1) is 12.5. The molecule has 2 aromatic carbocycles. The minimum Gasteiger partial charge on any atom is -0.493 e. The Morgan fingerprint density at radius 1 is 1.14 bits per heavy atom. The SMILES string of the molecule is COc1cc(CNCCCN(C)C)cc(Cl)c1OCc1ccccc1F.Cl.Cl. The Labute approximate surface area is 184 Å². The second-order valence-corrected chi connectivity index (χ2v) is 6.73. The first-order valence-electron chi connectivity index (χ1n) is 8.59. The van der Waals surface area contributed by atoms with Crippen molar-refractivity contribution in [3.8, 4) is 11.5 Å². The molecule has 0 saturated heterocycles. The summed E-state index contributed by atoms with van der Waals surface area (Å²) in [5.74, 6) is 0.661. The maximum Gasteiger partial charge on any atom is 0.180 e. The Morgan fingerprint density at radius 2 is 1.86 bits per heavy atom. The van der Waals surface area contributed by atoms with Gasteiger partial charge in [-0.15, -0.1) is 24.8 Å². The molecule has 2 aromatic rings. The van der Waals surface area contributed by atoms with Gasteiger partial charge in [-0.2, -0.15) is 0 Å². The van der Waals surface area contributed by atoms with Crippen molar-refractivity contribution in [3.05, 3.63) is 58.4 Å². The van der Waals surface area contributed by atoms with Gasteiger partial charge >= 0.3 is 0 Å². The lowest BCUT2D eigenvalue weighted by atomic mass is 10.2. The average molecular weight is 454 g/mol. The van der Waals surface area contributed by atoms with E-state index >= 15 is 0 Å². The molecule has 0 spiro atoms. The molecule has 0 bridgehead atoms. The summed E-state index contributed by atoms with van der Waals surface area (Å²) in [7, 11) is 5.69. The van der Waals surface area contributed by atoms with Crippen LogP contribution < -0.4 is 14.8 Å². The second-order valence-electron chi connectivity index (χ2n) is 6.32. The summed E-state index contributed by atoms with van der Waals surface area (Å²) < 4.78 is 24.9. The molecule has 0 heterocycles. The van der Waals surface area contributed by atoms with Crippen molar-refractivity contribution in [2.45, 2.75) is 19.6 Å². The number of nitrogens with one attached hydrogen (secondary N) is 1. The smallest absolute Gasteiger partial charge is 0.180 e. The lowest BCUT2D eigenvalue weighted by molar-refractivity contribution is 0.279. The van der Waals surface area contributed by atoms with E-state index < -0.39 is 0 Å². The van der Waals surface area contributed by atoms with Crippen molar-refractivity contribution in [3.63, 3.8) is 0 Å². The van der Waals surface area contributed by atoms with Crippen LogP contribution >= 0.6 is 36.4 Å². The van der Waals surface area contributed by atoms with Crippen LogP contribution in [0.4, 0.5) is 4.39 Å². The molecule has 0 aliphatic carbocycles. The van der Waals surface area contributed by atoms with Crippen LogP contribution in [0.2, 0.25) is 5.02 Å². The van der Waals surface area contributed by atoms with E-state index in [0.29, 0.717) is 28.6 Å². The van der Waals surface area contributed by atoms with Gasteiger partial charge in [0.1, 0.15) is 12.4 Å². The van der Waals surface area contributed by atoms with E-state index in [1.54, 1.807) is 25.3 Å². The Morgan fingerprint density at radius 3 is 2.50 bits per heavy atom. The minimum absolute atomic E-state index is 0. The van der Waals surface area contributed by atoms with Gasteiger partial charge in [0.05, 0.1) is 12.1 Å². The summed E-state index contributed by atoms with van der Waals surface area (Å²) in [6.07, 6.45) is 1.07. The first kappa shape index (κ1) is 26.8. The summed E-state index contributed by atoms with van der Waals surface area (Å²) >= 11 is 6.37. The number of halogens is 4. The zero-order chi connectivity index (χ0) is 18.9. The van der Waals surface area contributed by atoms with E-state index in [1.165, 1.54) is 6.07 Å². The van der Waals surface area contributed by atoms with E-state index in [2.05, 4.69) is 24.3 Å². The molecule has 0 amide bonds. The zero-order valence-corrected chi connectivity index (χ0v) is 18.7. The first-order valence-corrected chi connectivity index (χ1v) is 8.97. The third kappa shape index (κ3) is 8.41. The quantitative estimate of drug-likeness (QED) is 0.516. The van der Waals surface area contributed by atoms with Crippen molar-refractivity contribution < 1.29 is 13.9 Å². The fourth-order valence-electron chi connectivity index (χ4n) is 2.53. The topological polar surface area (TPSA) is 33.7 Å². The largest absolute Gasteiger partial charge is 0.493 e. The molecule has 4 nitrogen and oxygen atoms in total. The van der Waals surface area contributed by atoms with E-state index in [-0.39, 0.29) is 37.2 Å². The molecule has 0 aromatic heterocycles. The highest BCUT2D eigenvalue weighted by Gasteiger charge is 2.13. The molecule has 0 fully saturated rings. The van der Waals surface area contributed by atoms with Gasteiger partial charge in [-0.3, -0.25) is 0 Å². The van der Waals surface area contributed by atoms with Gasteiger partial charge in [0.2, 0.25) is 0 Å². The number of methoxy groups -OCH3 is 1. The Bertz CT molecular complexity index is 718. The fraction of sp³-hybridized carbons (Fsp3) is 0.400. The molecule has 0 saturated carbocycles. The molecule has 1 N–H and O–H groups in total. The molecule has 158 valence electrons. The van der Waals surface area contributed by atoms with Crippen LogP contribution in [0.1, 0.15) is 17.5 Å². The fourth-order valence-corrected chi connectivity index (χ4v) is 2.82. The van der Waals surface area contributed by atoms with Gasteiger partial charge in [0.25, 0.3) is 0 Å². The van der Waals surface area contributed by atoms with Crippen LogP contribution in [-0.2, 0) is 13.2 Å². The summed E-state index contributed by atoms with van der Waals surface area (Å²) in [6.45, 7) is 2.74. The van der Waals surface area contributed by atoms with Gasteiger partial charge in [0, 0.05) is 12.1 Å². The predicted molar refractivity (Wildman–Crippen MR) is 118 cm³/mol. The third-order valence-electron chi connectivity index (χ3n) is 3.91. The van der Waals surface area contributed by atoms with Crippen molar-refractivity contribution in [1.29, 1.82) is 0 Å². The van der Waals surface area contributed by atoms with Gasteiger partial charge in [0.15, 0.2) is 11.5 Å². The van der Waals surface area contributed by atoms with Crippen LogP contribution in [0.5, 0.6) is 11.5 Å². The van der Waals surface area contributed by atoms with Crippen LogP contribution in [0.15, 0.2) is 36.4 Å². The summed E-state index contributed by atoms with van der Waals surface area (Å²) in [5.41, 5.74) is 1.48. The molecule has 8 heteroatoms. The normalized spacial score (nSPS) is 10.2. The van der Waals surface area contributed by atoms with E-state index in [1.807, 2.05) is 12.1 Å². The van der Waals surface area contributed by atoms with Crippen molar-refractivity contribution in [2.75, 3.05) is 34.3 Å². The van der Waals surface area contributed by atoms with Crippen molar-refractivity contribution in [1.82, 2.24) is 10.2 Å². The standard InChI is InChI=1S/C20H26ClFN2O2.2ClH/c1-24(2)10-6-9-23-13-15-11-17(21)20(19(12-15)25-3)26-14-16-7-4-5-8-18(16)22;;/h4-5,7-8,11-12,23H,6,9-10,13-14H2,1-3H3;2*1H. The number of benzene rings is 2.